The minimum absolute atomic E-state index is 0.200. The molecule has 1 aromatic carbocycles. The first-order valence-electron chi connectivity index (χ1n) is 8.87. The Balaban J connectivity index is 1.85. The predicted octanol–water partition coefficient (Wildman–Crippen LogP) is 2.85. The summed E-state index contributed by atoms with van der Waals surface area (Å²) in [6.07, 6.45) is 5.76. The molecule has 1 amide bonds. The SMILES string of the molecule is COc1ccc(S(=O)(=O)N2CC[C@H]3CCCC[C@@H]3C2)cc1NC(C)=O. The Labute approximate surface area is 149 Å². The van der Waals surface area contributed by atoms with Crippen LogP contribution in [0.2, 0.25) is 0 Å². The molecular weight excluding hydrogens is 340 g/mol. The van der Waals surface area contributed by atoms with Crippen LogP contribution in [-0.4, -0.2) is 38.8 Å². The number of nitrogens with zero attached hydrogens (tertiary/aromatic N) is 1. The van der Waals surface area contributed by atoms with Gasteiger partial charge >= 0.3 is 0 Å². The Hall–Kier alpha value is -1.60. The summed E-state index contributed by atoms with van der Waals surface area (Å²) in [4.78, 5) is 11.6. The lowest BCUT2D eigenvalue weighted by molar-refractivity contribution is -0.114. The monoisotopic (exact) mass is 366 g/mol. The summed E-state index contributed by atoms with van der Waals surface area (Å²) in [6.45, 7) is 2.56. The molecule has 1 aliphatic heterocycles. The highest BCUT2D eigenvalue weighted by Crippen LogP contribution is 2.38. The first-order valence-corrected chi connectivity index (χ1v) is 10.3. The molecule has 25 heavy (non-hydrogen) atoms. The van der Waals surface area contributed by atoms with E-state index in [1.54, 1.807) is 16.4 Å². The van der Waals surface area contributed by atoms with Gasteiger partial charge in [0, 0.05) is 20.0 Å². The summed E-state index contributed by atoms with van der Waals surface area (Å²) in [5, 5.41) is 2.64. The standard InChI is InChI=1S/C18H26N2O4S/c1-13(21)19-17-11-16(7-8-18(17)24-2)25(22,23)20-10-9-14-5-3-4-6-15(14)12-20/h7-8,11,14-15H,3-6,9-10,12H2,1-2H3,(H,19,21)/t14-,15-/m1/s1. The molecule has 3 rings (SSSR count). The number of ether oxygens (including phenoxy) is 1. The summed E-state index contributed by atoms with van der Waals surface area (Å²) in [5.74, 6) is 1.33. The number of sulfonamides is 1. The van der Waals surface area contributed by atoms with E-state index >= 15 is 0 Å². The summed E-state index contributed by atoms with van der Waals surface area (Å²) >= 11 is 0. The van der Waals surface area contributed by atoms with Gasteiger partial charge in [-0.3, -0.25) is 4.79 Å². The largest absolute Gasteiger partial charge is 0.495 e. The van der Waals surface area contributed by atoms with Gasteiger partial charge in [0.15, 0.2) is 0 Å². The maximum absolute atomic E-state index is 13.1. The van der Waals surface area contributed by atoms with Crippen LogP contribution in [0.3, 0.4) is 0 Å². The zero-order valence-electron chi connectivity index (χ0n) is 14.8. The normalized spacial score (nSPS) is 24.4. The van der Waals surface area contributed by atoms with Crippen LogP contribution in [0.1, 0.15) is 39.0 Å². The molecule has 1 aromatic rings. The van der Waals surface area contributed by atoms with Gasteiger partial charge in [-0.05, 0) is 42.9 Å². The van der Waals surface area contributed by atoms with Gasteiger partial charge in [0.2, 0.25) is 15.9 Å². The van der Waals surface area contributed by atoms with Crippen molar-refractivity contribution in [1.29, 1.82) is 0 Å². The van der Waals surface area contributed by atoms with Crippen LogP contribution in [0.15, 0.2) is 23.1 Å². The molecule has 0 spiro atoms. The number of hydrogen-bond acceptors (Lipinski definition) is 4. The average molecular weight is 366 g/mol. The topological polar surface area (TPSA) is 75.7 Å². The molecule has 138 valence electrons. The second-order valence-corrected chi connectivity index (χ2v) is 8.94. The molecule has 1 saturated heterocycles. The molecule has 7 heteroatoms. The van der Waals surface area contributed by atoms with Crippen LogP contribution in [0.5, 0.6) is 5.75 Å². The van der Waals surface area contributed by atoms with Crippen molar-refractivity contribution in [2.75, 3.05) is 25.5 Å². The molecule has 0 bridgehead atoms. The van der Waals surface area contributed by atoms with Crippen molar-refractivity contribution in [2.45, 2.75) is 43.9 Å². The second kappa shape index (κ2) is 7.33. The number of nitrogens with one attached hydrogen (secondary N) is 1. The van der Waals surface area contributed by atoms with E-state index in [0.29, 0.717) is 36.4 Å². The highest BCUT2D eigenvalue weighted by molar-refractivity contribution is 7.89. The lowest BCUT2D eigenvalue weighted by Gasteiger charge is -2.40. The molecule has 1 heterocycles. The quantitative estimate of drug-likeness (QED) is 0.889. The van der Waals surface area contributed by atoms with Crippen molar-refractivity contribution in [3.63, 3.8) is 0 Å². The van der Waals surface area contributed by atoms with E-state index in [0.717, 1.165) is 12.8 Å². The molecule has 0 unspecified atom stereocenters. The van der Waals surface area contributed by atoms with E-state index < -0.39 is 10.0 Å². The molecular formula is C18H26N2O4S. The zero-order valence-corrected chi connectivity index (χ0v) is 15.6. The molecule has 1 saturated carbocycles. The van der Waals surface area contributed by atoms with E-state index in [1.165, 1.54) is 39.4 Å². The maximum Gasteiger partial charge on any atom is 0.243 e. The van der Waals surface area contributed by atoms with Gasteiger partial charge in [-0.1, -0.05) is 19.3 Å². The number of rotatable bonds is 4. The van der Waals surface area contributed by atoms with Gasteiger partial charge in [-0.25, -0.2) is 8.42 Å². The maximum atomic E-state index is 13.1. The van der Waals surface area contributed by atoms with E-state index in [1.807, 2.05) is 0 Å². The first-order chi connectivity index (χ1) is 11.9. The Morgan fingerprint density at radius 1 is 1.20 bits per heavy atom. The van der Waals surface area contributed by atoms with Crippen molar-refractivity contribution in [3.8, 4) is 5.75 Å². The highest BCUT2D eigenvalue weighted by Gasteiger charge is 2.36. The van der Waals surface area contributed by atoms with Crippen molar-refractivity contribution >= 4 is 21.6 Å². The highest BCUT2D eigenvalue weighted by atomic mass is 32.2. The van der Waals surface area contributed by atoms with Crippen molar-refractivity contribution in [3.05, 3.63) is 18.2 Å². The zero-order chi connectivity index (χ0) is 18.0. The average Bonchev–Trinajstić information content (AvgIpc) is 2.60. The fraction of sp³-hybridized carbons (Fsp3) is 0.611. The Kier molecular flexibility index (Phi) is 5.34. The van der Waals surface area contributed by atoms with Crippen LogP contribution >= 0.6 is 0 Å². The number of carbonyl (C=O) groups is 1. The van der Waals surface area contributed by atoms with Crippen molar-refractivity contribution in [2.24, 2.45) is 11.8 Å². The third kappa shape index (κ3) is 3.82. The fourth-order valence-electron chi connectivity index (χ4n) is 4.07. The minimum Gasteiger partial charge on any atom is -0.495 e. The number of piperidine rings is 1. The van der Waals surface area contributed by atoms with Crippen molar-refractivity contribution in [1.82, 2.24) is 4.31 Å². The fourth-order valence-corrected chi connectivity index (χ4v) is 5.61. The van der Waals surface area contributed by atoms with E-state index in [9.17, 15) is 13.2 Å². The molecule has 1 N–H and O–H groups in total. The van der Waals surface area contributed by atoms with Gasteiger partial charge < -0.3 is 10.1 Å². The number of anilines is 1. The van der Waals surface area contributed by atoms with E-state index in [4.69, 9.17) is 4.74 Å². The summed E-state index contributed by atoms with van der Waals surface area (Å²) in [6, 6.07) is 4.63. The molecule has 2 fully saturated rings. The predicted molar refractivity (Wildman–Crippen MR) is 96.1 cm³/mol. The summed E-state index contributed by atoms with van der Waals surface area (Å²) < 4.78 is 33.0. The third-order valence-corrected chi connectivity index (χ3v) is 7.23. The first kappa shape index (κ1) is 18.2. The van der Waals surface area contributed by atoms with Crippen LogP contribution in [0.25, 0.3) is 0 Å². The van der Waals surface area contributed by atoms with E-state index in [2.05, 4.69) is 5.32 Å². The molecule has 2 atom stereocenters. The number of hydrogen-bond donors (Lipinski definition) is 1. The van der Waals surface area contributed by atoms with E-state index in [-0.39, 0.29) is 10.8 Å². The minimum atomic E-state index is -3.57. The van der Waals surface area contributed by atoms with Crippen LogP contribution < -0.4 is 10.1 Å². The summed E-state index contributed by atoms with van der Waals surface area (Å²) in [7, 11) is -2.08. The molecule has 2 aliphatic rings. The third-order valence-electron chi connectivity index (χ3n) is 5.37. The van der Waals surface area contributed by atoms with Gasteiger partial charge in [-0.15, -0.1) is 0 Å². The van der Waals surface area contributed by atoms with Gasteiger partial charge in [0.25, 0.3) is 0 Å². The second-order valence-electron chi connectivity index (χ2n) is 7.00. The van der Waals surface area contributed by atoms with Crippen LogP contribution in [-0.2, 0) is 14.8 Å². The molecule has 6 nitrogen and oxygen atoms in total. The van der Waals surface area contributed by atoms with Gasteiger partial charge in [-0.2, -0.15) is 4.31 Å². The Morgan fingerprint density at radius 2 is 1.92 bits per heavy atom. The van der Waals surface area contributed by atoms with Crippen LogP contribution in [0, 0.1) is 11.8 Å². The molecule has 0 radical (unpaired) electrons. The summed E-state index contributed by atoms with van der Waals surface area (Å²) in [5.41, 5.74) is 0.378. The van der Waals surface area contributed by atoms with Crippen molar-refractivity contribution < 1.29 is 17.9 Å². The lowest BCUT2D eigenvalue weighted by Crippen LogP contribution is -2.44. The Morgan fingerprint density at radius 3 is 2.60 bits per heavy atom. The number of benzene rings is 1. The van der Waals surface area contributed by atoms with Gasteiger partial charge in [0.1, 0.15) is 5.75 Å². The smallest absolute Gasteiger partial charge is 0.243 e. The van der Waals surface area contributed by atoms with Gasteiger partial charge in [0.05, 0.1) is 17.7 Å². The number of fused-ring (bicyclic) bond motifs is 1. The van der Waals surface area contributed by atoms with Crippen LogP contribution in [0.4, 0.5) is 5.69 Å². The molecule has 1 aliphatic carbocycles. The number of methoxy groups -OCH3 is 1. The number of amides is 1. The Bertz CT molecular complexity index is 747. The lowest BCUT2D eigenvalue weighted by atomic mass is 9.76. The molecule has 0 aromatic heterocycles. The number of carbonyl (C=O) groups excluding carboxylic acids is 1.